The molecule has 1 rings (SSSR count). The van der Waals surface area contributed by atoms with Crippen molar-refractivity contribution in [3.05, 3.63) is 29.3 Å². The number of aryl methyl sites for hydroxylation is 2. The molecule has 0 saturated heterocycles. The average molecular weight is 252 g/mol. The fourth-order valence-corrected chi connectivity index (χ4v) is 5.81. The maximum Gasteiger partial charge on any atom is 0.122 e. The molecule has 16 heavy (non-hydrogen) atoms. The summed E-state index contributed by atoms with van der Waals surface area (Å²) in [5.41, 5.74) is 2.78. The monoisotopic (exact) mass is 252 g/mol. The summed E-state index contributed by atoms with van der Waals surface area (Å²) in [6.45, 7) is 16.4. The van der Waals surface area contributed by atoms with E-state index in [0.717, 1.165) is 0 Å². The second kappa shape index (κ2) is 4.57. The molecule has 0 spiro atoms. The topological polar surface area (TPSA) is 0 Å². The third-order valence-electron chi connectivity index (χ3n) is 3.50. The maximum absolute atomic E-state index is 2.47. The molecule has 0 unspecified atom stereocenters. The zero-order valence-corrected chi connectivity index (χ0v) is 13.5. The van der Waals surface area contributed by atoms with E-state index in [1.165, 1.54) is 16.0 Å². The number of rotatable bonds is 2. The van der Waals surface area contributed by atoms with Gasteiger partial charge in [0.15, 0.2) is 0 Å². The van der Waals surface area contributed by atoms with Crippen LogP contribution >= 0.6 is 11.2 Å². The van der Waals surface area contributed by atoms with Crippen LogP contribution in [0.2, 0.25) is 18.1 Å². The highest BCUT2D eigenvalue weighted by Crippen LogP contribution is 2.46. The van der Waals surface area contributed by atoms with E-state index in [1.54, 1.807) is 0 Å². The first-order chi connectivity index (χ1) is 7.13. The number of hydrogen-bond donors (Lipinski definition) is 0. The molecule has 1 aromatic rings. The Hall–Kier alpha value is -0.213. The molecule has 0 saturated carbocycles. The van der Waals surface area contributed by atoms with Crippen LogP contribution in [-0.2, 0) is 0 Å². The van der Waals surface area contributed by atoms with Gasteiger partial charge >= 0.3 is 0 Å². The van der Waals surface area contributed by atoms with Crippen LogP contribution in [0.5, 0.6) is 0 Å². The summed E-state index contributed by atoms with van der Waals surface area (Å²) < 4.78 is 0. The van der Waals surface area contributed by atoms with E-state index in [2.05, 4.69) is 77.1 Å². The van der Waals surface area contributed by atoms with Gasteiger partial charge in [-0.05, 0) is 30.5 Å². The predicted octanol–water partition coefficient (Wildman–Crippen LogP) is 5.40. The van der Waals surface area contributed by atoms with Crippen LogP contribution in [0.3, 0.4) is 0 Å². The van der Waals surface area contributed by atoms with Gasteiger partial charge in [-0.15, -0.1) is 0 Å². The van der Waals surface area contributed by atoms with Crippen LogP contribution in [0.4, 0.5) is 0 Å². The molecule has 0 aliphatic carbocycles. The Bertz CT molecular complexity index is 375. The molecule has 0 radical (unpaired) electrons. The third-order valence-corrected chi connectivity index (χ3v) is 12.3. The van der Waals surface area contributed by atoms with E-state index >= 15 is 0 Å². The number of benzene rings is 1. The lowest BCUT2D eigenvalue weighted by Crippen LogP contribution is -2.33. The van der Waals surface area contributed by atoms with Crippen LogP contribution < -0.4 is 0 Å². The summed E-state index contributed by atoms with van der Waals surface area (Å²) in [6, 6.07) is 6.80. The molecule has 0 atom stereocenters. The van der Waals surface area contributed by atoms with Crippen LogP contribution in [0.25, 0.3) is 0 Å². The molecule has 0 aliphatic rings. The minimum atomic E-state index is -1.28. The molecule has 0 amide bonds. The van der Waals surface area contributed by atoms with Crippen LogP contribution in [0.15, 0.2) is 23.1 Å². The van der Waals surface area contributed by atoms with Gasteiger partial charge in [-0.25, -0.2) is 0 Å². The Morgan fingerprint density at radius 2 is 1.62 bits per heavy atom. The second-order valence-electron chi connectivity index (χ2n) is 6.13. The van der Waals surface area contributed by atoms with Crippen molar-refractivity contribution in [1.82, 2.24) is 0 Å². The zero-order valence-electron chi connectivity index (χ0n) is 11.6. The Kier molecular flexibility index (Phi) is 3.96. The summed E-state index contributed by atoms with van der Waals surface area (Å²) in [4.78, 5) is 1.47. The third kappa shape index (κ3) is 3.14. The first kappa shape index (κ1) is 13.9. The van der Waals surface area contributed by atoms with E-state index in [9.17, 15) is 0 Å². The lowest BCUT2D eigenvalue weighted by Gasteiger charge is -2.36. The van der Waals surface area contributed by atoms with Crippen molar-refractivity contribution in [2.24, 2.45) is 0 Å². The van der Waals surface area contributed by atoms with Crippen molar-refractivity contribution < 1.29 is 0 Å². The molecule has 0 N–H and O–H groups in total. The molecule has 0 fully saturated rings. The van der Waals surface area contributed by atoms with E-state index in [1.807, 2.05) is 0 Å². The Morgan fingerprint density at radius 3 is 2.06 bits per heavy atom. The normalized spacial score (nSPS) is 12.9. The van der Waals surface area contributed by atoms with E-state index < -0.39 is 7.22 Å². The van der Waals surface area contributed by atoms with Crippen molar-refractivity contribution in [3.63, 3.8) is 0 Å². The standard InChI is InChI=1S/C14H24SSi/c1-11-8-9-13(12(2)10-11)15-16(6,7)14(3,4)5/h8-10H,1-7H3. The lowest BCUT2D eigenvalue weighted by atomic mass is 10.2. The van der Waals surface area contributed by atoms with Gasteiger partial charge in [-0.1, -0.05) is 51.6 Å². The lowest BCUT2D eigenvalue weighted by molar-refractivity contribution is 0.736. The largest absolute Gasteiger partial charge is 0.151 e. The molecule has 1 aromatic carbocycles. The zero-order chi connectivity index (χ0) is 12.6. The molecule has 0 heterocycles. The second-order valence-corrected chi connectivity index (χ2v) is 15.0. The molecule has 0 nitrogen and oxygen atoms in total. The quantitative estimate of drug-likeness (QED) is 0.635. The van der Waals surface area contributed by atoms with Gasteiger partial charge in [0.1, 0.15) is 7.22 Å². The van der Waals surface area contributed by atoms with E-state index in [4.69, 9.17) is 0 Å². The van der Waals surface area contributed by atoms with Crippen LogP contribution in [0, 0.1) is 13.8 Å². The molecular weight excluding hydrogens is 228 g/mol. The fraction of sp³-hybridized carbons (Fsp3) is 0.571. The summed E-state index contributed by atoms with van der Waals surface area (Å²) in [6.07, 6.45) is 0. The van der Waals surface area contributed by atoms with E-state index in [-0.39, 0.29) is 0 Å². The Balaban J connectivity index is 2.97. The highest BCUT2D eigenvalue weighted by molar-refractivity contribution is 8.29. The van der Waals surface area contributed by atoms with Gasteiger partial charge in [0.2, 0.25) is 0 Å². The number of hydrogen-bond acceptors (Lipinski definition) is 1. The highest BCUT2D eigenvalue weighted by atomic mass is 32.4. The van der Waals surface area contributed by atoms with Crippen LogP contribution in [-0.4, -0.2) is 7.22 Å². The first-order valence-electron chi connectivity index (χ1n) is 5.90. The fourth-order valence-electron chi connectivity index (χ4n) is 1.34. The van der Waals surface area contributed by atoms with Crippen molar-refractivity contribution in [1.29, 1.82) is 0 Å². The Labute approximate surface area is 105 Å². The minimum Gasteiger partial charge on any atom is -0.151 e. The highest BCUT2D eigenvalue weighted by Gasteiger charge is 2.36. The molecule has 2 heteroatoms. The molecular formula is C14H24SSi. The van der Waals surface area contributed by atoms with Crippen molar-refractivity contribution in [3.8, 4) is 0 Å². The van der Waals surface area contributed by atoms with Gasteiger partial charge in [0.25, 0.3) is 0 Å². The van der Waals surface area contributed by atoms with Crippen molar-refractivity contribution in [2.75, 3.05) is 0 Å². The smallest absolute Gasteiger partial charge is 0.122 e. The Morgan fingerprint density at radius 1 is 1.06 bits per heavy atom. The van der Waals surface area contributed by atoms with Gasteiger partial charge in [0.05, 0.1) is 0 Å². The van der Waals surface area contributed by atoms with Crippen LogP contribution in [0.1, 0.15) is 31.9 Å². The minimum absolute atomic E-state index is 0.439. The average Bonchev–Trinajstić information content (AvgIpc) is 2.08. The first-order valence-corrected chi connectivity index (χ1v) is 10.4. The summed E-state index contributed by atoms with van der Waals surface area (Å²) in [5.74, 6) is 0. The van der Waals surface area contributed by atoms with Gasteiger partial charge < -0.3 is 0 Å². The summed E-state index contributed by atoms with van der Waals surface area (Å²) in [7, 11) is -1.28. The van der Waals surface area contributed by atoms with Gasteiger partial charge in [-0.2, -0.15) is 11.2 Å². The van der Waals surface area contributed by atoms with Gasteiger partial charge in [0, 0.05) is 4.90 Å². The molecule has 0 aromatic heterocycles. The van der Waals surface area contributed by atoms with Crippen molar-refractivity contribution in [2.45, 2.75) is 57.6 Å². The SMILES string of the molecule is Cc1ccc(S[Si](C)(C)C(C)(C)C)c(C)c1. The van der Waals surface area contributed by atoms with Gasteiger partial charge in [-0.3, -0.25) is 0 Å². The molecule has 0 aliphatic heterocycles. The molecule has 90 valence electrons. The maximum atomic E-state index is 2.47. The van der Waals surface area contributed by atoms with E-state index in [0.29, 0.717) is 5.04 Å². The summed E-state index contributed by atoms with van der Waals surface area (Å²) in [5, 5.41) is 0.439. The van der Waals surface area contributed by atoms with Crippen molar-refractivity contribution >= 4 is 18.4 Å². The molecule has 0 bridgehead atoms. The predicted molar refractivity (Wildman–Crippen MR) is 79.0 cm³/mol. The summed E-state index contributed by atoms with van der Waals surface area (Å²) >= 11 is 2.13.